The second kappa shape index (κ2) is 4.15. The zero-order valence-corrected chi connectivity index (χ0v) is 10.2. The summed E-state index contributed by atoms with van der Waals surface area (Å²) in [5.41, 5.74) is 6.54. The van der Waals surface area contributed by atoms with Gasteiger partial charge in [-0.05, 0) is 30.7 Å². The average molecular weight is 247 g/mol. The monoisotopic (exact) mass is 247 g/mol. The topological polar surface area (TPSA) is 79.5 Å². The molecule has 0 spiro atoms. The predicted molar refractivity (Wildman–Crippen MR) is 68.7 cm³/mol. The number of nitrogens with two attached hydrogens (primary N) is 1. The van der Waals surface area contributed by atoms with Crippen molar-refractivity contribution in [2.75, 3.05) is 23.7 Å². The van der Waals surface area contributed by atoms with E-state index in [1.165, 1.54) is 31.5 Å². The Morgan fingerprint density at radius 1 is 1.39 bits per heavy atom. The minimum Gasteiger partial charge on any atom is -0.478 e. The molecule has 2 heterocycles. The van der Waals surface area contributed by atoms with E-state index >= 15 is 0 Å². The van der Waals surface area contributed by atoms with Crippen LogP contribution in [0, 0.1) is 11.8 Å². The number of carboxylic acids is 1. The maximum absolute atomic E-state index is 10.8. The smallest absolute Gasteiger partial charge is 0.337 e. The largest absolute Gasteiger partial charge is 0.478 e. The Kier molecular flexibility index (Phi) is 2.61. The summed E-state index contributed by atoms with van der Waals surface area (Å²) in [6.45, 7) is 2.02. The molecule has 1 saturated carbocycles. The van der Waals surface area contributed by atoms with Crippen molar-refractivity contribution >= 4 is 17.5 Å². The van der Waals surface area contributed by atoms with E-state index in [-0.39, 0.29) is 5.56 Å². The number of nitrogens with zero attached hydrogens (tertiary/aromatic N) is 2. The summed E-state index contributed by atoms with van der Waals surface area (Å²) in [6.07, 6.45) is 5.33. The van der Waals surface area contributed by atoms with E-state index in [0.29, 0.717) is 5.69 Å². The third-order valence-electron chi connectivity index (χ3n) is 4.17. The van der Waals surface area contributed by atoms with Crippen LogP contribution in [0.3, 0.4) is 0 Å². The lowest BCUT2D eigenvalue weighted by Gasteiger charge is -2.20. The van der Waals surface area contributed by atoms with Gasteiger partial charge in [-0.3, -0.25) is 0 Å². The van der Waals surface area contributed by atoms with Crippen molar-refractivity contribution in [3.8, 4) is 0 Å². The Hall–Kier alpha value is -1.78. The molecule has 1 saturated heterocycles. The van der Waals surface area contributed by atoms with E-state index in [9.17, 15) is 4.79 Å². The SMILES string of the molecule is Nc1cc(C(=O)O)cnc1N1CC2CCCC2C1. The highest BCUT2D eigenvalue weighted by Gasteiger charge is 2.37. The van der Waals surface area contributed by atoms with E-state index in [1.54, 1.807) is 0 Å². The fraction of sp³-hybridized carbons (Fsp3) is 0.538. The lowest BCUT2D eigenvalue weighted by Crippen LogP contribution is -2.23. The molecule has 2 unspecified atom stereocenters. The van der Waals surface area contributed by atoms with Gasteiger partial charge in [0, 0.05) is 19.3 Å². The van der Waals surface area contributed by atoms with E-state index in [4.69, 9.17) is 10.8 Å². The zero-order valence-electron chi connectivity index (χ0n) is 10.2. The number of fused-ring (bicyclic) bond motifs is 1. The summed E-state index contributed by atoms with van der Waals surface area (Å²) in [5, 5.41) is 8.89. The molecule has 3 rings (SSSR count). The Bertz CT molecular complexity index is 477. The minimum absolute atomic E-state index is 0.149. The second-order valence-electron chi connectivity index (χ2n) is 5.30. The number of rotatable bonds is 2. The van der Waals surface area contributed by atoms with Gasteiger partial charge < -0.3 is 15.7 Å². The number of aromatic nitrogens is 1. The molecule has 1 aliphatic heterocycles. The van der Waals surface area contributed by atoms with Crippen molar-refractivity contribution in [1.82, 2.24) is 4.98 Å². The lowest BCUT2D eigenvalue weighted by molar-refractivity contribution is 0.0696. The zero-order chi connectivity index (χ0) is 12.7. The van der Waals surface area contributed by atoms with Gasteiger partial charge >= 0.3 is 5.97 Å². The van der Waals surface area contributed by atoms with Gasteiger partial charge in [0.15, 0.2) is 5.82 Å². The van der Waals surface area contributed by atoms with Crippen LogP contribution in [-0.4, -0.2) is 29.1 Å². The number of aromatic carboxylic acids is 1. The molecule has 0 radical (unpaired) electrons. The molecule has 2 fully saturated rings. The van der Waals surface area contributed by atoms with Crippen LogP contribution < -0.4 is 10.6 Å². The van der Waals surface area contributed by atoms with E-state index in [1.807, 2.05) is 0 Å². The Morgan fingerprint density at radius 2 is 2.06 bits per heavy atom. The van der Waals surface area contributed by atoms with Gasteiger partial charge in [0.2, 0.25) is 0 Å². The van der Waals surface area contributed by atoms with Gasteiger partial charge in [-0.2, -0.15) is 0 Å². The summed E-state index contributed by atoms with van der Waals surface area (Å²) in [7, 11) is 0. The maximum Gasteiger partial charge on any atom is 0.337 e. The van der Waals surface area contributed by atoms with Gasteiger partial charge in [0.05, 0.1) is 11.3 Å². The highest BCUT2D eigenvalue weighted by atomic mass is 16.4. The van der Waals surface area contributed by atoms with Crippen molar-refractivity contribution < 1.29 is 9.90 Å². The molecule has 2 atom stereocenters. The van der Waals surface area contributed by atoms with Gasteiger partial charge in [0.25, 0.3) is 0 Å². The average Bonchev–Trinajstić information content (AvgIpc) is 2.88. The van der Waals surface area contributed by atoms with E-state index < -0.39 is 5.97 Å². The summed E-state index contributed by atoms with van der Waals surface area (Å²) < 4.78 is 0. The first kappa shape index (κ1) is 11.3. The summed E-state index contributed by atoms with van der Waals surface area (Å²) in [4.78, 5) is 17.3. The number of hydrogen-bond acceptors (Lipinski definition) is 4. The fourth-order valence-corrected chi connectivity index (χ4v) is 3.26. The summed E-state index contributed by atoms with van der Waals surface area (Å²) in [6, 6.07) is 1.50. The van der Waals surface area contributed by atoms with Crippen LogP contribution in [0.2, 0.25) is 0 Å². The first-order valence-corrected chi connectivity index (χ1v) is 6.39. The van der Waals surface area contributed by atoms with Gasteiger partial charge in [-0.1, -0.05) is 6.42 Å². The predicted octanol–water partition coefficient (Wildman–Crippen LogP) is 1.60. The van der Waals surface area contributed by atoms with Crippen LogP contribution in [0.4, 0.5) is 11.5 Å². The number of anilines is 2. The Balaban J connectivity index is 1.83. The van der Waals surface area contributed by atoms with Crippen molar-refractivity contribution in [2.45, 2.75) is 19.3 Å². The highest BCUT2D eigenvalue weighted by molar-refractivity contribution is 5.89. The molecule has 5 heteroatoms. The molecular formula is C13H17N3O2. The molecule has 5 nitrogen and oxygen atoms in total. The van der Waals surface area contributed by atoms with Crippen LogP contribution in [0.5, 0.6) is 0 Å². The first-order valence-electron chi connectivity index (χ1n) is 6.39. The van der Waals surface area contributed by atoms with E-state index in [2.05, 4.69) is 9.88 Å². The maximum atomic E-state index is 10.8. The minimum atomic E-state index is -0.987. The standard InChI is InChI=1S/C13H17N3O2/c14-11-4-10(13(17)18)5-15-12(11)16-6-8-2-1-3-9(8)7-16/h4-5,8-9H,1-3,6-7,14H2,(H,17,18). The van der Waals surface area contributed by atoms with Gasteiger partial charge in [-0.15, -0.1) is 0 Å². The molecular weight excluding hydrogens is 230 g/mol. The quantitative estimate of drug-likeness (QED) is 0.829. The molecule has 96 valence electrons. The van der Waals surface area contributed by atoms with Gasteiger partial charge in [-0.25, -0.2) is 9.78 Å². The number of carbonyl (C=O) groups is 1. The molecule has 1 aromatic rings. The van der Waals surface area contributed by atoms with Crippen molar-refractivity contribution in [1.29, 1.82) is 0 Å². The van der Waals surface area contributed by atoms with Gasteiger partial charge in [0.1, 0.15) is 0 Å². The molecule has 1 aromatic heterocycles. The van der Waals surface area contributed by atoms with Crippen molar-refractivity contribution in [3.05, 3.63) is 17.8 Å². The highest BCUT2D eigenvalue weighted by Crippen LogP contribution is 2.40. The summed E-state index contributed by atoms with van der Waals surface area (Å²) in [5.74, 6) is 1.30. The van der Waals surface area contributed by atoms with Crippen molar-refractivity contribution in [3.63, 3.8) is 0 Å². The first-order chi connectivity index (χ1) is 8.65. The number of nitrogen functional groups attached to an aromatic ring is 1. The van der Waals surface area contributed by atoms with Crippen LogP contribution in [-0.2, 0) is 0 Å². The molecule has 0 bridgehead atoms. The van der Waals surface area contributed by atoms with Crippen LogP contribution in [0.1, 0.15) is 29.6 Å². The summed E-state index contributed by atoms with van der Waals surface area (Å²) >= 11 is 0. The van der Waals surface area contributed by atoms with Crippen LogP contribution in [0.25, 0.3) is 0 Å². The molecule has 0 amide bonds. The third kappa shape index (κ3) is 1.79. The second-order valence-corrected chi connectivity index (χ2v) is 5.30. The molecule has 0 aromatic carbocycles. The van der Waals surface area contributed by atoms with E-state index in [0.717, 1.165) is 30.7 Å². The normalized spacial score (nSPS) is 26.3. The van der Waals surface area contributed by atoms with Crippen molar-refractivity contribution in [2.24, 2.45) is 11.8 Å². The Labute approximate surface area is 106 Å². The third-order valence-corrected chi connectivity index (χ3v) is 4.17. The van der Waals surface area contributed by atoms with Crippen LogP contribution in [0.15, 0.2) is 12.3 Å². The van der Waals surface area contributed by atoms with Crippen LogP contribution >= 0.6 is 0 Å². The number of pyridine rings is 1. The molecule has 3 N–H and O–H groups in total. The fourth-order valence-electron chi connectivity index (χ4n) is 3.26. The molecule has 1 aliphatic carbocycles. The number of hydrogen-bond donors (Lipinski definition) is 2. The molecule has 18 heavy (non-hydrogen) atoms. The number of carboxylic acid groups (broad SMARTS) is 1. The Morgan fingerprint density at radius 3 is 2.61 bits per heavy atom. The lowest BCUT2D eigenvalue weighted by atomic mass is 10.0. The molecule has 2 aliphatic rings.